The van der Waals surface area contributed by atoms with Crippen molar-refractivity contribution < 1.29 is 14.0 Å². The topological polar surface area (TPSA) is 28.8 Å². The average Bonchev–Trinajstić information content (AvgIpc) is 3.28. The number of rotatable bonds is 10. The lowest BCUT2D eigenvalue weighted by Gasteiger charge is -2.27. The van der Waals surface area contributed by atoms with E-state index in [1.807, 2.05) is 30.0 Å². The fourth-order valence-corrected chi connectivity index (χ4v) is 7.04. The average molecular weight is 571 g/mol. The third-order valence-electron chi connectivity index (χ3n) is 6.88. The van der Waals surface area contributed by atoms with Gasteiger partial charge in [-0.2, -0.15) is 4.57 Å². The summed E-state index contributed by atoms with van der Waals surface area (Å²) in [6, 6.07) is 23.1. The lowest BCUT2D eigenvalue weighted by molar-refractivity contribution is -0.642. The molecule has 0 N–H and O–H groups in total. The van der Waals surface area contributed by atoms with Crippen molar-refractivity contribution in [3.8, 4) is 22.6 Å². The molecule has 0 saturated carbocycles. The van der Waals surface area contributed by atoms with E-state index in [0.29, 0.717) is 0 Å². The fraction of sp³-hybridized carbons (Fsp3) is 0.242. The molecule has 0 unspecified atom stereocenters. The maximum Gasteiger partial charge on any atom is 0.263 e. The zero-order valence-electron chi connectivity index (χ0n) is 23.8. The third kappa shape index (κ3) is 6.28. The fourth-order valence-electron chi connectivity index (χ4n) is 4.71. The first-order chi connectivity index (χ1) is 19.5. The van der Waals surface area contributed by atoms with Gasteiger partial charge in [0.1, 0.15) is 23.2 Å². The summed E-state index contributed by atoms with van der Waals surface area (Å²) in [5.41, 5.74) is 5.75. The maximum absolute atomic E-state index is 5.67. The van der Waals surface area contributed by atoms with Crippen LogP contribution in [0.4, 0.5) is 0 Å². The van der Waals surface area contributed by atoms with Crippen LogP contribution in [-0.4, -0.2) is 50.4 Å². The molecule has 5 rings (SSSR count). The zero-order chi connectivity index (χ0) is 28.1. The Morgan fingerprint density at radius 1 is 0.975 bits per heavy atom. The van der Waals surface area contributed by atoms with E-state index in [1.165, 1.54) is 31.4 Å². The van der Waals surface area contributed by atoms with E-state index in [0.717, 1.165) is 41.5 Å². The SMILES string of the molecule is COc1cccc(OC)c1-c1ccc2c(c1)sc(C=C1C=CN(Cc3ccccc3)C(SCCN(C)C)=C1)[n+]2C. The standard InChI is InChI=1S/C33H36N3O2S2/c1-34(2)18-19-39-32-21-25(16-17-36(32)23-24-10-7-6-8-11-24)20-31-35(3)27-15-14-26(22-30(27)40-31)33-28(37-4)12-9-13-29(33)38-5/h6-17,20-22H,18-19,23H2,1-5H3/q+1. The number of aryl methyl sites for hydroxylation is 1. The highest BCUT2D eigenvalue weighted by atomic mass is 32.2. The lowest BCUT2D eigenvalue weighted by atomic mass is 10.0. The molecule has 0 bridgehead atoms. The number of benzene rings is 3. The van der Waals surface area contributed by atoms with Crippen molar-refractivity contribution in [3.63, 3.8) is 0 Å². The maximum atomic E-state index is 5.67. The highest BCUT2D eigenvalue weighted by Crippen LogP contribution is 2.40. The molecule has 0 amide bonds. The molecule has 0 saturated heterocycles. The molecule has 2 heterocycles. The Balaban J connectivity index is 1.47. The number of thioether (sulfide) groups is 1. The van der Waals surface area contributed by atoms with Gasteiger partial charge in [-0.1, -0.05) is 47.7 Å². The van der Waals surface area contributed by atoms with Crippen LogP contribution in [0, 0.1) is 0 Å². The molecular weight excluding hydrogens is 535 g/mol. The van der Waals surface area contributed by atoms with E-state index >= 15 is 0 Å². The van der Waals surface area contributed by atoms with Crippen molar-refractivity contribution in [1.29, 1.82) is 0 Å². The van der Waals surface area contributed by atoms with E-state index in [4.69, 9.17) is 9.47 Å². The van der Waals surface area contributed by atoms with E-state index in [9.17, 15) is 0 Å². The first-order valence-electron chi connectivity index (χ1n) is 13.3. The molecule has 40 heavy (non-hydrogen) atoms. The van der Waals surface area contributed by atoms with Crippen molar-refractivity contribution in [3.05, 3.63) is 106 Å². The number of ether oxygens (including phenoxy) is 2. The van der Waals surface area contributed by atoms with Crippen LogP contribution in [0.1, 0.15) is 10.6 Å². The van der Waals surface area contributed by atoms with Crippen molar-refractivity contribution in [2.75, 3.05) is 40.6 Å². The lowest BCUT2D eigenvalue weighted by Crippen LogP contribution is -2.29. The molecule has 0 fully saturated rings. The second-order valence-electron chi connectivity index (χ2n) is 9.93. The summed E-state index contributed by atoms with van der Waals surface area (Å²) in [5, 5.41) is 2.47. The van der Waals surface area contributed by atoms with Crippen LogP contribution in [0.3, 0.4) is 0 Å². The first kappa shape index (κ1) is 28.0. The van der Waals surface area contributed by atoms with Crippen LogP contribution in [-0.2, 0) is 13.6 Å². The predicted octanol–water partition coefficient (Wildman–Crippen LogP) is 6.96. The van der Waals surface area contributed by atoms with Crippen molar-refractivity contribution >= 4 is 39.4 Å². The van der Waals surface area contributed by atoms with Gasteiger partial charge in [0.25, 0.3) is 5.01 Å². The molecule has 1 aliphatic heterocycles. The Labute approximate surface area is 245 Å². The van der Waals surface area contributed by atoms with Gasteiger partial charge in [0.05, 0.1) is 24.8 Å². The number of methoxy groups -OCH3 is 2. The van der Waals surface area contributed by atoms with Gasteiger partial charge < -0.3 is 19.3 Å². The summed E-state index contributed by atoms with van der Waals surface area (Å²) in [6.45, 7) is 1.89. The Morgan fingerprint density at radius 2 is 1.73 bits per heavy atom. The van der Waals surface area contributed by atoms with Gasteiger partial charge in [-0.25, -0.2) is 0 Å². The number of aromatic nitrogens is 1. The molecular formula is C33H36N3O2S2+. The predicted molar refractivity (Wildman–Crippen MR) is 170 cm³/mol. The number of allylic oxidation sites excluding steroid dienone is 3. The minimum Gasteiger partial charge on any atom is -0.496 e. The van der Waals surface area contributed by atoms with Crippen LogP contribution in [0.15, 0.2) is 95.7 Å². The van der Waals surface area contributed by atoms with Gasteiger partial charge in [-0.15, -0.1) is 11.8 Å². The molecule has 0 spiro atoms. The summed E-state index contributed by atoms with van der Waals surface area (Å²) >= 11 is 3.70. The molecule has 0 aliphatic carbocycles. The third-order valence-corrected chi connectivity index (χ3v) is 9.06. The summed E-state index contributed by atoms with van der Waals surface area (Å²) in [6.07, 6.45) is 9.04. The number of hydrogen-bond donors (Lipinski definition) is 0. The van der Waals surface area contributed by atoms with Gasteiger partial charge in [0, 0.05) is 37.2 Å². The molecule has 7 heteroatoms. The second kappa shape index (κ2) is 12.8. The molecule has 0 atom stereocenters. The van der Waals surface area contributed by atoms with Gasteiger partial charge in [0.15, 0.2) is 0 Å². The van der Waals surface area contributed by atoms with Crippen LogP contribution in [0.25, 0.3) is 27.4 Å². The Hall–Kier alpha value is -3.52. The number of thiazole rings is 1. The normalized spacial score (nSPS) is 14.3. The minimum absolute atomic E-state index is 0.804. The molecule has 206 valence electrons. The van der Waals surface area contributed by atoms with Crippen LogP contribution < -0.4 is 14.0 Å². The Morgan fingerprint density at radius 3 is 2.42 bits per heavy atom. The van der Waals surface area contributed by atoms with Gasteiger partial charge in [0.2, 0.25) is 5.52 Å². The summed E-state index contributed by atoms with van der Waals surface area (Å²) < 4.78 is 14.8. The molecule has 1 aliphatic rings. The van der Waals surface area contributed by atoms with Gasteiger partial charge in [-0.05, 0) is 67.2 Å². The van der Waals surface area contributed by atoms with Crippen molar-refractivity contribution in [1.82, 2.24) is 9.80 Å². The van der Waals surface area contributed by atoms with Gasteiger partial charge >= 0.3 is 0 Å². The monoisotopic (exact) mass is 570 g/mol. The largest absolute Gasteiger partial charge is 0.496 e. The molecule has 5 nitrogen and oxygen atoms in total. The highest BCUT2D eigenvalue weighted by Gasteiger charge is 2.20. The Bertz CT molecular complexity index is 1550. The minimum atomic E-state index is 0.804. The van der Waals surface area contributed by atoms with Crippen LogP contribution in [0.5, 0.6) is 11.5 Å². The van der Waals surface area contributed by atoms with E-state index < -0.39 is 0 Å². The van der Waals surface area contributed by atoms with Crippen molar-refractivity contribution in [2.45, 2.75) is 6.54 Å². The quantitative estimate of drug-likeness (QED) is 0.192. The molecule has 1 aromatic heterocycles. The van der Waals surface area contributed by atoms with Crippen LogP contribution >= 0.6 is 23.1 Å². The number of nitrogens with zero attached hydrogens (tertiary/aromatic N) is 3. The molecule has 3 aromatic carbocycles. The molecule has 4 aromatic rings. The summed E-state index contributed by atoms with van der Waals surface area (Å²) in [4.78, 5) is 4.58. The van der Waals surface area contributed by atoms with Crippen molar-refractivity contribution in [2.24, 2.45) is 7.05 Å². The Kier molecular flexibility index (Phi) is 8.94. The van der Waals surface area contributed by atoms with Gasteiger partial charge in [-0.3, -0.25) is 0 Å². The zero-order valence-corrected chi connectivity index (χ0v) is 25.4. The first-order valence-corrected chi connectivity index (χ1v) is 15.1. The second-order valence-corrected chi connectivity index (χ2v) is 12.1. The van der Waals surface area contributed by atoms with E-state index in [2.05, 4.69) is 108 Å². The number of fused-ring (bicyclic) bond motifs is 1. The van der Waals surface area contributed by atoms with E-state index in [-0.39, 0.29) is 0 Å². The summed E-state index contributed by atoms with van der Waals surface area (Å²) in [5.74, 6) is 2.65. The number of hydrogen-bond acceptors (Lipinski definition) is 6. The smallest absolute Gasteiger partial charge is 0.263 e. The molecule has 0 radical (unpaired) electrons. The highest BCUT2D eigenvalue weighted by molar-refractivity contribution is 8.03. The summed E-state index contributed by atoms with van der Waals surface area (Å²) in [7, 11) is 9.79. The van der Waals surface area contributed by atoms with E-state index in [1.54, 1.807) is 25.6 Å². The van der Waals surface area contributed by atoms with Crippen LogP contribution in [0.2, 0.25) is 0 Å².